The van der Waals surface area contributed by atoms with Crippen molar-refractivity contribution in [2.24, 2.45) is 11.1 Å². The first-order chi connectivity index (χ1) is 19.9. The minimum Gasteiger partial charge on any atom is -0.342 e. The van der Waals surface area contributed by atoms with Crippen LogP contribution in [0.2, 0.25) is 0 Å². The highest BCUT2D eigenvalue weighted by molar-refractivity contribution is 7.89. The topological polar surface area (TPSA) is 151 Å². The van der Waals surface area contributed by atoms with Crippen LogP contribution in [0.25, 0.3) is 0 Å². The van der Waals surface area contributed by atoms with Gasteiger partial charge in [0, 0.05) is 31.1 Å². The molecule has 2 rings (SSSR count). The molecule has 0 fully saturated rings. The summed E-state index contributed by atoms with van der Waals surface area (Å²) in [6, 6.07) is 14.8. The van der Waals surface area contributed by atoms with Crippen LogP contribution in [0.3, 0.4) is 0 Å². The largest absolute Gasteiger partial charge is 0.342 e. The average molecular weight is 614 g/mol. The first-order valence-electron chi connectivity index (χ1n) is 14.2. The van der Waals surface area contributed by atoms with E-state index in [1.165, 1.54) is 17.9 Å². The second-order valence-electron chi connectivity index (χ2n) is 12.4. The molecule has 0 heterocycles. The molecule has 0 aliphatic rings. The second-order valence-corrected chi connectivity index (χ2v) is 14.2. The van der Waals surface area contributed by atoms with Gasteiger partial charge in [0.15, 0.2) is 0 Å². The number of likely N-dealkylation sites (N-methyl/N-ethyl adjacent to an activating group) is 2. The van der Waals surface area contributed by atoms with Crippen LogP contribution in [0.15, 0.2) is 66.2 Å². The van der Waals surface area contributed by atoms with Crippen LogP contribution in [-0.4, -0.2) is 63.8 Å². The molecule has 1 unspecified atom stereocenters. The number of sulfonamides is 1. The summed E-state index contributed by atoms with van der Waals surface area (Å²) < 4.78 is 27.0. The summed E-state index contributed by atoms with van der Waals surface area (Å²) in [7, 11) is -0.630. The third kappa shape index (κ3) is 10.0. The summed E-state index contributed by atoms with van der Waals surface area (Å²) in [5.41, 5.74) is 7.12. The van der Waals surface area contributed by atoms with E-state index in [-0.39, 0.29) is 29.7 Å². The van der Waals surface area contributed by atoms with Crippen LogP contribution < -0.4 is 21.1 Å². The highest BCUT2D eigenvalue weighted by atomic mass is 32.2. The Balaban J connectivity index is 2.13. The van der Waals surface area contributed by atoms with Crippen molar-refractivity contribution < 1.29 is 22.8 Å². The van der Waals surface area contributed by atoms with Gasteiger partial charge in [-0.3, -0.25) is 14.4 Å². The molecule has 2 atom stereocenters. The van der Waals surface area contributed by atoms with Gasteiger partial charge in [0.1, 0.15) is 6.04 Å². The quantitative estimate of drug-likeness (QED) is 0.254. The van der Waals surface area contributed by atoms with Gasteiger partial charge in [-0.15, -0.1) is 0 Å². The van der Waals surface area contributed by atoms with Crippen LogP contribution in [-0.2, 0) is 42.1 Å². The van der Waals surface area contributed by atoms with Gasteiger partial charge in [0.25, 0.3) is 5.91 Å². The number of amides is 3. The summed E-state index contributed by atoms with van der Waals surface area (Å²) in [5.74, 6) is -1.77. The Hall–Kier alpha value is -3.54. The molecule has 5 N–H and O–H groups in total. The second kappa shape index (κ2) is 14.8. The Morgan fingerprint density at radius 3 is 2.02 bits per heavy atom. The van der Waals surface area contributed by atoms with Gasteiger partial charge in [-0.25, -0.2) is 13.1 Å². The number of hydrogen-bond acceptors (Lipinski definition) is 7. The van der Waals surface area contributed by atoms with E-state index in [0.717, 1.165) is 11.1 Å². The molecule has 2 aromatic carbocycles. The molecule has 0 spiro atoms. The maximum Gasteiger partial charge on any atom is 0.260 e. The van der Waals surface area contributed by atoms with Gasteiger partial charge in [-0.05, 0) is 36.1 Å². The van der Waals surface area contributed by atoms with Crippen molar-refractivity contribution in [2.75, 3.05) is 20.6 Å². The average Bonchev–Trinajstić information content (AvgIpc) is 2.93. The smallest absolute Gasteiger partial charge is 0.260 e. The molecule has 0 aromatic heterocycles. The van der Waals surface area contributed by atoms with Gasteiger partial charge >= 0.3 is 0 Å². The Labute approximate surface area is 256 Å². The van der Waals surface area contributed by atoms with Crippen molar-refractivity contribution in [1.29, 1.82) is 0 Å². The minimum absolute atomic E-state index is 0.0354. The number of nitrogens with zero attached hydrogens (tertiary/aromatic N) is 1. The Morgan fingerprint density at radius 2 is 1.51 bits per heavy atom. The molecule has 236 valence electrons. The van der Waals surface area contributed by atoms with Crippen LogP contribution in [0.5, 0.6) is 0 Å². The van der Waals surface area contributed by atoms with Crippen molar-refractivity contribution in [3.05, 3.63) is 82.9 Å². The standard InChI is InChI=1S/C32H47N5O5S/c1-22(28(38)36-43(41,42)21-24-12-10-9-11-13-24)18-19-37(8)30(40)27(31(2,3)4)35-29(39)26(34-7)32(5,6)25-16-14-23(20-33)15-17-25/h9-18,26-27,34H,19-21,33H2,1-8H3,(H,35,39)(H,36,38)/b22-18+/t26-,27?/m1/s1. The molecule has 2 aromatic rings. The fraction of sp³-hybridized carbons (Fsp3) is 0.469. The van der Waals surface area contributed by atoms with E-state index in [1.54, 1.807) is 44.4 Å². The Bertz CT molecular complexity index is 1400. The fourth-order valence-corrected chi connectivity index (χ4v) is 5.81. The predicted octanol–water partition coefficient (Wildman–Crippen LogP) is 2.59. The lowest BCUT2D eigenvalue weighted by Crippen LogP contribution is -2.60. The molecule has 0 aliphatic carbocycles. The lowest BCUT2D eigenvalue weighted by molar-refractivity contribution is -0.139. The van der Waals surface area contributed by atoms with Crippen LogP contribution >= 0.6 is 0 Å². The summed E-state index contributed by atoms with van der Waals surface area (Å²) in [5, 5.41) is 6.08. The highest BCUT2D eigenvalue weighted by Gasteiger charge is 2.40. The van der Waals surface area contributed by atoms with Crippen molar-refractivity contribution in [3.8, 4) is 0 Å². The van der Waals surface area contributed by atoms with E-state index in [0.29, 0.717) is 12.1 Å². The third-order valence-electron chi connectivity index (χ3n) is 7.46. The lowest BCUT2D eigenvalue weighted by Gasteiger charge is -2.38. The van der Waals surface area contributed by atoms with E-state index in [2.05, 4.69) is 15.4 Å². The molecule has 3 amide bonds. The molecule has 11 heteroatoms. The predicted molar refractivity (Wildman–Crippen MR) is 170 cm³/mol. The number of rotatable bonds is 13. The van der Waals surface area contributed by atoms with E-state index in [9.17, 15) is 22.8 Å². The normalized spacial score (nSPS) is 14.0. The molecular formula is C32H47N5O5S. The molecular weight excluding hydrogens is 566 g/mol. The molecule has 43 heavy (non-hydrogen) atoms. The van der Waals surface area contributed by atoms with E-state index in [1.807, 2.05) is 58.9 Å². The number of benzene rings is 2. The number of carbonyl (C=O) groups is 3. The zero-order valence-corrected chi connectivity index (χ0v) is 27.3. The van der Waals surface area contributed by atoms with Gasteiger partial charge < -0.3 is 21.3 Å². The third-order valence-corrected chi connectivity index (χ3v) is 8.67. The number of nitrogens with two attached hydrogens (primary N) is 1. The molecule has 0 aliphatic heterocycles. The number of carbonyl (C=O) groups excluding carboxylic acids is 3. The first kappa shape index (κ1) is 35.7. The molecule has 0 radical (unpaired) electrons. The van der Waals surface area contributed by atoms with Crippen molar-refractivity contribution >= 4 is 27.7 Å². The molecule has 0 bridgehead atoms. The summed E-state index contributed by atoms with van der Waals surface area (Å²) in [6.45, 7) is 11.4. The summed E-state index contributed by atoms with van der Waals surface area (Å²) in [4.78, 5) is 41.2. The van der Waals surface area contributed by atoms with Gasteiger partial charge in [0.05, 0.1) is 11.8 Å². The van der Waals surface area contributed by atoms with Crippen LogP contribution in [0.4, 0.5) is 0 Å². The lowest BCUT2D eigenvalue weighted by atomic mass is 9.76. The molecule has 0 saturated heterocycles. The number of nitrogens with one attached hydrogen (secondary N) is 3. The van der Waals surface area contributed by atoms with E-state index >= 15 is 0 Å². The monoisotopic (exact) mass is 613 g/mol. The van der Waals surface area contributed by atoms with Gasteiger partial charge in [-0.2, -0.15) is 0 Å². The maximum atomic E-state index is 13.6. The van der Waals surface area contributed by atoms with Crippen LogP contribution in [0, 0.1) is 5.41 Å². The first-order valence-corrected chi connectivity index (χ1v) is 15.9. The summed E-state index contributed by atoms with van der Waals surface area (Å²) in [6.07, 6.45) is 1.48. The van der Waals surface area contributed by atoms with Crippen molar-refractivity contribution in [3.63, 3.8) is 0 Å². The Kier molecular flexibility index (Phi) is 12.2. The zero-order chi connectivity index (χ0) is 32.6. The van der Waals surface area contributed by atoms with E-state index in [4.69, 9.17) is 5.73 Å². The fourth-order valence-electron chi connectivity index (χ4n) is 4.66. The SMILES string of the molecule is CN[C@H](C(=O)NC(C(=O)N(C)C/C=C(\C)C(=O)NS(=O)(=O)Cc1ccccc1)C(C)(C)C)C(C)(C)c1ccc(CN)cc1. The Morgan fingerprint density at radius 1 is 0.930 bits per heavy atom. The van der Waals surface area contributed by atoms with Crippen molar-refractivity contribution in [1.82, 2.24) is 20.3 Å². The molecule has 10 nitrogen and oxygen atoms in total. The van der Waals surface area contributed by atoms with Gasteiger partial charge in [0.2, 0.25) is 21.8 Å². The van der Waals surface area contributed by atoms with Crippen LogP contribution in [0.1, 0.15) is 58.2 Å². The molecule has 0 saturated carbocycles. The van der Waals surface area contributed by atoms with Crippen molar-refractivity contribution in [2.45, 2.75) is 71.3 Å². The number of hydrogen-bond donors (Lipinski definition) is 4. The van der Waals surface area contributed by atoms with E-state index < -0.39 is 38.8 Å². The summed E-state index contributed by atoms with van der Waals surface area (Å²) >= 11 is 0. The minimum atomic E-state index is -3.91. The zero-order valence-electron chi connectivity index (χ0n) is 26.5. The maximum absolute atomic E-state index is 13.6. The van der Waals surface area contributed by atoms with Gasteiger partial charge in [-0.1, -0.05) is 95.3 Å². The highest BCUT2D eigenvalue weighted by Crippen LogP contribution is 2.29.